The van der Waals surface area contributed by atoms with Gasteiger partial charge in [-0.1, -0.05) is 24.6 Å². The first kappa shape index (κ1) is 12.5. The first-order valence-electron chi connectivity index (χ1n) is 5.42. The van der Waals surface area contributed by atoms with E-state index in [0.717, 1.165) is 10.7 Å². The van der Waals surface area contributed by atoms with Crippen molar-refractivity contribution in [3.05, 3.63) is 53.0 Å². The molecule has 0 aromatic carbocycles. The lowest BCUT2D eigenvalue weighted by molar-refractivity contribution is 0.204. The normalized spacial score (nSPS) is 23.9. The Morgan fingerprint density at radius 1 is 1.41 bits per heavy atom. The zero-order chi connectivity index (χ0) is 12.3. The number of allylic oxidation sites excluding steroid dienone is 3. The summed E-state index contributed by atoms with van der Waals surface area (Å²) in [7, 11) is 0. The Kier molecular flexibility index (Phi) is 4.08. The summed E-state index contributed by atoms with van der Waals surface area (Å²) in [5.74, 6) is 0.847. The molecule has 2 rings (SSSR count). The summed E-state index contributed by atoms with van der Waals surface area (Å²) >= 11 is 12.2. The van der Waals surface area contributed by atoms with E-state index >= 15 is 0 Å². The Hall–Kier alpha value is -0.990. The molecule has 1 aromatic rings. The van der Waals surface area contributed by atoms with Crippen molar-refractivity contribution in [2.45, 2.75) is 18.9 Å². The van der Waals surface area contributed by atoms with Crippen molar-refractivity contribution < 1.29 is 4.74 Å². The van der Waals surface area contributed by atoms with Gasteiger partial charge in [-0.25, -0.2) is 0 Å². The van der Waals surface area contributed by atoms with Gasteiger partial charge < -0.3 is 4.74 Å². The van der Waals surface area contributed by atoms with E-state index in [-0.39, 0.29) is 11.3 Å². The van der Waals surface area contributed by atoms with E-state index < -0.39 is 0 Å². The highest BCUT2D eigenvalue weighted by molar-refractivity contribution is 6.31. The summed E-state index contributed by atoms with van der Waals surface area (Å²) in [5, 5.41) is 0.606. The molecule has 1 aliphatic rings. The maximum Gasteiger partial charge on any atom is 0.130 e. The first-order valence-corrected chi connectivity index (χ1v) is 6.24. The van der Waals surface area contributed by atoms with Gasteiger partial charge in [0, 0.05) is 17.1 Å². The van der Waals surface area contributed by atoms with E-state index in [4.69, 9.17) is 27.9 Å². The summed E-state index contributed by atoms with van der Waals surface area (Å²) < 4.78 is 5.61. The number of ether oxygens (including phenoxy) is 1. The van der Waals surface area contributed by atoms with E-state index in [2.05, 4.69) is 4.98 Å². The van der Waals surface area contributed by atoms with E-state index in [9.17, 15) is 0 Å². The van der Waals surface area contributed by atoms with Crippen LogP contribution >= 0.6 is 23.2 Å². The SMILES string of the molecule is CC1C(Cl)=CC(OCc2ccccn2)=CC1Cl. The largest absolute Gasteiger partial charge is 0.488 e. The van der Waals surface area contributed by atoms with Crippen LogP contribution in [-0.2, 0) is 11.3 Å². The Labute approximate surface area is 111 Å². The van der Waals surface area contributed by atoms with Crippen LogP contribution in [0.15, 0.2) is 47.3 Å². The van der Waals surface area contributed by atoms with Crippen molar-refractivity contribution in [3.63, 3.8) is 0 Å². The van der Waals surface area contributed by atoms with Crippen molar-refractivity contribution in [2.75, 3.05) is 0 Å². The molecule has 1 aromatic heterocycles. The summed E-state index contributed by atoms with van der Waals surface area (Å²) in [6.07, 6.45) is 5.43. The Morgan fingerprint density at radius 3 is 2.88 bits per heavy atom. The Morgan fingerprint density at radius 2 is 2.24 bits per heavy atom. The molecular weight excluding hydrogens is 257 g/mol. The molecule has 0 saturated heterocycles. The number of aromatic nitrogens is 1. The molecule has 4 heteroatoms. The molecule has 90 valence electrons. The highest BCUT2D eigenvalue weighted by atomic mass is 35.5. The molecular formula is C13H13Cl2NO. The smallest absolute Gasteiger partial charge is 0.130 e. The summed E-state index contributed by atoms with van der Waals surface area (Å²) in [5.41, 5.74) is 0.877. The predicted molar refractivity (Wildman–Crippen MR) is 69.9 cm³/mol. The van der Waals surface area contributed by atoms with E-state index in [0.29, 0.717) is 12.4 Å². The minimum atomic E-state index is -0.119. The third-order valence-corrected chi connectivity index (χ3v) is 3.59. The third kappa shape index (κ3) is 3.24. The second kappa shape index (κ2) is 5.56. The van der Waals surface area contributed by atoms with E-state index in [1.807, 2.05) is 37.3 Å². The summed E-state index contributed by atoms with van der Waals surface area (Å²) in [4.78, 5) is 4.18. The van der Waals surface area contributed by atoms with Gasteiger partial charge in [0.25, 0.3) is 0 Å². The number of hydrogen-bond acceptors (Lipinski definition) is 2. The van der Waals surface area contributed by atoms with Crippen LogP contribution in [0.5, 0.6) is 0 Å². The topological polar surface area (TPSA) is 22.1 Å². The van der Waals surface area contributed by atoms with Crippen LogP contribution in [-0.4, -0.2) is 10.4 Å². The predicted octanol–water partition coefficient (Wildman–Crippen LogP) is 3.86. The fraction of sp³-hybridized carbons (Fsp3) is 0.308. The average Bonchev–Trinajstić information content (AvgIpc) is 2.34. The van der Waals surface area contributed by atoms with E-state index in [1.165, 1.54) is 0 Å². The van der Waals surface area contributed by atoms with Crippen molar-refractivity contribution in [2.24, 2.45) is 5.92 Å². The molecule has 0 radical (unpaired) electrons. The van der Waals surface area contributed by atoms with Gasteiger partial charge in [-0.2, -0.15) is 0 Å². The zero-order valence-corrected chi connectivity index (χ0v) is 10.9. The van der Waals surface area contributed by atoms with Crippen LogP contribution in [0.4, 0.5) is 0 Å². The first-order chi connectivity index (χ1) is 8.16. The van der Waals surface area contributed by atoms with Crippen LogP contribution in [0.25, 0.3) is 0 Å². The van der Waals surface area contributed by atoms with Gasteiger partial charge in [0.15, 0.2) is 0 Å². The highest BCUT2D eigenvalue weighted by Gasteiger charge is 2.21. The molecule has 0 amide bonds. The maximum atomic E-state index is 6.14. The van der Waals surface area contributed by atoms with Crippen LogP contribution in [0.3, 0.4) is 0 Å². The molecule has 2 atom stereocenters. The standard InChI is InChI=1S/C13H13Cl2NO/c1-9-12(14)6-11(7-13(9)15)17-8-10-4-2-3-5-16-10/h2-7,9,12H,8H2,1H3. The molecule has 0 fully saturated rings. The minimum absolute atomic E-state index is 0.119. The molecule has 0 N–H and O–H groups in total. The molecule has 1 heterocycles. The van der Waals surface area contributed by atoms with Gasteiger partial charge >= 0.3 is 0 Å². The van der Waals surface area contributed by atoms with Gasteiger partial charge in [-0.15, -0.1) is 11.6 Å². The Balaban J connectivity index is 1.99. The van der Waals surface area contributed by atoms with E-state index in [1.54, 1.807) is 6.20 Å². The number of halogens is 2. The van der Waals surface area contributed by atoms with Gasteiger partial charge in [0.2, 0.25) is 0 Å². The second-order valence-corrected chi connectivity index (χ2v) is 4.88. The van der Waals surface area contributed by atoms with Gasteiger partial charge in [0.05, 0.1) is 11.1 Å². The fourth-order valence-corrected chi connectivity index (χ4v) is 2.07. The third-order valence-electron chi connectivity index (χ3n) is 2.63. The maximum absolute atomic E-state index is 6.14. The zero-order valence-electron chi connectivity index (χ0n) is 9.44. The number of alkyl halides is 1. The van der Waals surface area contributed by atoms with Crippen molar-refractivity contribution >= 4 is 23.2 Å². The van der Waals surface area contributed by atoms with Crippen LogP contribution in [0.2, 0.25) is 0 Å². The van der Waals surface area contributed by atoms with Crippen molar-refractivity contribution in [3.8, 4) is 0 Å². The Bertz CT molecular complexity index is 442. The lowest BCUT2D eigenvalue weighted by Crippen LogP contribution is -2.14. The van der Waals surface area contributed by atoms with Gasteiger partial charge in [-0.05, 0) is 24.3 Å². The number of nitrogens with zero attached hydrogens (tertiary/aromatic N) is 1. The molecule has 0 aliphatic heterocycles. The second-order valence-electron chi connectivity index (χ2n) is 3.94. The van der Waals surface area contributed by atoms with Gasteiger partial charge in [-0.3, -0.25) is 4.98 Å². The number of hydrogen-bond donors (Lipinski definition) is 0. The van der Waals surface area contributed by atoms with Crippen LogP contribution < -0.4 is 0 Å². The monoisotopic (exact) mass is 269 g/mol. The molecule has 17 heavy (non-hydrogen) atoms. The highest BCUT2D eigenvalue weighted by Crippen LogP contribution is 2.30. The lowest BCUT2D eigenvalue weighted by atomic mass is 10.0. The summed E-state index contributed by atoms with van der Waals surface area (Å²) in [6, 6.07) is 5.71. The van der Waals surface area contributed by atoms with Crippen LogP contribution in [0.1, 0.15) is 12.6 Å². The molecule has 2 nitrogen and oxygen atoms in total. The number of pyridine rings is 1. The lowest BCUT2D eigenvalue weighted by Gasteiger charge is -2.20. The quantitative estimate of drug-likeness (QED) is 0.778. The number of rotatable bonds is 3. The summed E-state index contributed by atoms with van der Waals surface area (Å²) in [6.45, 7) is 2.41. The minimum Gasteiger partial charge on any atom is -0.488 e. The molecule has 0 bridgehead atoms. The van der Waals surface area contributed by atoms with Crippen molar-refractivity contribution in [1.82, 2.24) is 4.98 Å². The van der Waals surface area contributed by atoms with Crippen LogP contribution in [0, 0.1) is 5.92 Å². The molecule has 0 spiro atoms. The van der Waals surface area contributed by atoms with Gasteiger partial charge in [0.1, 0.15) is 12.4 Å². The molecule has 2 unspecified atom stereocenters. The van der Waals surface area contributed by atoms with Crippen molar-refractivity contribution in [1.29, 1.82) is 0 Å². The average molecular weight is 270 g/mol. The fourth-order valence-electron chi connectivity index (χ4n) is 1.50. The molecule has 0 saturated carbocycles. The molecule has 1 aliphatic carbocycles.